The predicted octanol–water partition coefficient (Wildman–Crippen LogP) is 3.85. The number of pyridine rings is 1. The Labute approximate surface area is 94.1 Å². The molecule has 0 unspecified atom stereocenters. The van der Waals surface area contributed by atoms with Crippen molar-refractivity contribution in [1.82, 2.24) is 4.98 Å². The van der Waals surface area contributed by atoms with E-state index >= 15 is 0 Å². The molecule has 0 radical (unpaired) electrons. The Hall–Kier alpha value is -1.08. The maximum Gasteiger partial charge on any atom is 0.0702 e. The topological polar surface area (TPSA) is 12.9 Å². The Balaban J connectivity index is 2.14. The summed E-state index contributed by atoms with van der Waals surface area (Å²) in [7, 11) is 0. The highest BCUT2D eigenvalue weighted by Crippen LogP contribution is 2.40. The fourth-order valence-electron chi connectivity index (χ4n) is 1.92. The first-order valence-electron chi connectivity index (χ1n) is 5.31. The number of hydrogen-bond acceptors (Lipinski definition) is 1. The number of benzene rings is 1. The molecule has 3 rings (SSSR count). The minimum Gasteiger partial charge on any atom is -0.256 e. The van der Waals surface area contributed by atoms with Crippen molar-refractivity contribution in [2.45, 2.75) is 24.6 Å². The summed E-state index contributed by atoms with van der Waals surface area (Å²) in [5.41, 5.74) is 3.61. The smallest absolute Gasteiger partial charge is 0.0702 e. The molecule has 2 heteroatoms. The molecule has 1 aromatic heterocycles. The van der Waals surface area contributed by atoms with Crippen molar-refractivity contribution in [3.8, 4) is 0 Å². The maximum absolute atomic E-state index is 5.82. The van der Waals surface area contributed by atoms with Gasteiger partial charge in [0.05, 0.1) is 5.52 Å². The van der Waals surface area contributed by atoms with Crippen LogP contribution in [-0.4, -0.2) is 4.98 Å². The third-order valence-electron chi connectivity index (χ3n) is 2.97. The Kier molecular flexibility index (Phi) is 2.14. The van der Waals surface area contributed by atoms with E-state index in [0.717, 1.165) is 11.4 Å². The van der Waals surface area contributed by atoms with Crippen LogP contribution in [0.2, 0.25) is 0 Å². The number of aromatic nitrogens is 1. The highest BCUT2D eigenvalue weighted by molar-refractivity contribution is 6.17. The van der Waals surface area contributed by atoms with E-state index in [2.05, 4.69) is 17.1 Å². The van der Waals surface area contributed by atoms with Crippen molar-refractivity contribution in [2.75, 3.05) is 0 Å². The lowest BCUT2D eigenvalue weighted by molar-refractivity contribution is 1.11. The molecule has 1 nitrogen and oxygen atoms in total. The predicted molar refractivity (Wildman–Crippen MR) is 63.3 cm³/mol. The molecule has 2 aromatic rings. The van der Waals surface area contributed by atoms with Crippen LogP contribution in [0.5, 0.6) is 0 Å². The first-order valence-corrected chi connectivity index (χ1v) is 5.85. The van der Waals surface area contributed by atoms with Gasteiger partial charge < -0.3 is 0 Å². The molecule has 0 bridgehead atoms. The maximum atomic E-state index is 5.82. The number of hydrogen-bond donors (Lipinski definition) is 0. The molecule has 0 saturated heterocycles. The summed E-state index contributed by atoms with van der Waals surface area (Å²) in [6.07, 6.45) is 4.66. The van der Waals surface area contributed by atoms with Crippen LogP contribution in [0.15, 0.2) is 30.5 Å². The van der Waals surface area contributed by atoms with Gasteiger partial charge in [-0.05, 0) is 48.1 Å². The van der Waals surface area contributed by atoms with Crippen LogP contribution < -0.4 is 0 Å². The molecule has 0 N–H and O–H groups in total. The molecule has 0 amide bonds. The second-order valence-corrected chi connectivity index (χ2v) is 4.47. The van der Waals surface area contributed by atoms with Crippen molar-refractivity contribution in [2.24, 2.45) is 0 Å². The van der Waals surface area contributed by atoms with E-state index in [1.54, 1.807) is 0 Å². The summed E-state index contributed by atoms with van der Waals surface area (Å²) >= 11 is 5.82. The van der Waals surface area contributed by atoms with Crippen LogP contribution in [0.4, 0.5) is 0 Å². The molecule has 1 aromatic carbocycles. The van der Waals surface area contributed by atoms with E-state index in [-0.39, 0.29) is 0 Å². The minimum absolute atomic E-state index is 0.573. The molecule has 1 heterocycles. The second-order valence-electron chi connectivity index (χ2n) is 4.20. The summed E-state index contributed by atoms with van der Waals surface area (Å²) in [5.74, 6) is 1.34. The molecule has 1 aliphatic rings. The molecule has 0 spiro atoms. The summed E-state index contributed by atoms with van der Waals surface area (Å²) in [6.45, 7) is 0. The lowest BCUT2D eigenvalue weighted by Crippen LogP contribution is -1.86. The Morgan fingerprint density at radius 3 is 2.87 bits per heavy atom. The molecular weight excluding hydrogens is 206 g/mol. The highest BCUT2D eigenvalue weighted by atomic mass is 35.5. The summed E-state index contributed by atoms with van der Waals surface area (Å²) in [6, 6.07) is 8.49. The molecule has 0 aliphatic heterocycles. The first kappa shape index (κ1) is 9.17. The van der Waals surface area contributed by atoms with Crippen LogP contribution in [0.1, 0.15) is 29.9 Å². The van der Waals surface area contributed by atoms with Gasteiger partial charge in [-0.15, -0.1) is 11.6 Å². The first-order chi connectivity index (χ1) is 7.36. The summed E-state index contributed by atoms with van der Waals surface area (Å²) in [5, 5.41) is 1.22. The minimum atomic E-state index is 0.573. The van der Waals surface area contributed by atoms with Crippen molar-refractivity contribution < 1.29 is 0 Å². The molecule has 76 valence electrons. The summed E-state index contributed by atoms with van der Waals surface area (Å²) < 4.78 is 0. The normalized spacial score (nSPS) is 15.8. The summed E-state index contributed by atoms with van der Waals surface area (Å²) in [4.78, 5) is 4.47. The van der Waals surface area contributed by atoms with Gasteiger partial charge in [-0.2, -0.15) is 0 Å². The zero-order chi connectivity index (χ0) is 10.3. The standard InChI is InChI=1S/C13H12ClN/c14-7-9-1-4-13-11(5-9)6-12(8-15-13)10-2-3-10/h1,4-6,8,10H,2-3,7H2. The van der Waals surface area contributed by atoms with E-state index in [0.29, 0.717) is 5.88 Å². The number of fused-ring (bicyclic) bond motifs is 1. The number of alkyl halides is 1. The molecule has 1 fully saturated rings. The molecule has 0 atom stereocenters. The second kappa shape index (κ2) is 3.49. The van der Waals surface area contributed by atoms with Gasteiger partial charge in [0.2, 0.25) is 0 Å². The van der Waals surface area contributed by atoms with Gasteiger partial charge in [-0.3, -0.25) is 4.98 Å². The number of halogens is 1. The van der Waals surface area contributed by atoms with Crippen molar-refractivity contribution >= 4 is 22.5 Å². The molecule has 1 saturated carbocycles. The van der Waals surface area contributed by atoms with Crippen LogP contribution in [-0.2, 0) is 5.88 Å². The van der Waals surface area contributed by atoms with Gasteiger partial charge in [-0.25, -0.2) is 0 Å². The Morgan fingerprint density at radius 1 is 1.27 bits per heavy atom. The quantitative estimate of drug-likeness (QED) is 0.697. The van der Waals surface area contributed by atoms with Crippen LogP contribution in [0, 0.1) is 0 Å². The van der Waals surface area contributed by atoms with Crippen LogP contribution in [0.25, 0.3) is 10.9 Å². The third kappa shape index (κ3) is 1.72. The number of nitrogens with zero attached hydrogens (tertiary/aromatic N) is 1. The van der Waals surface area contributed by atoms with Gasteiger partial charge in [-0.1, -0.05) is 6.07 Å². The zero-order valence-corrected chi connectivity index (χ0v) is 9.17. The average molecular weight is 218 g/mol. The average Bonchev–Trinajstić information content (AvgIpc) is 3.11. The fraction of sp³-hybridized carbons (Fsp3) is 0.308. The largest absolute Gasteiger partial charge is 0.256 e. The van der Waals surface area contributed by atoms with E-state index in [4.69, 9.17) is 11.6 Å². The fourth-order valence-corrected chi connectivity index (χ4v) is 2.09. The Morgan fingerprint density at radius 2 is 2.13 bits per heavy atom. The van der Waals surface area contributed by atoms with Crippen LogP contribution in [0.3, 0.4) is 0 Å². The van der Waals surface area contributed by atoms with Crippen molar-refractivity contribution in [3.05, 3.63) is 41.6 Å². The Bertz CT molecular complexity index is 503. The number of rotatable bonds is 2. The van der Waals surface area contributed by atoms with Gasteiger partial charge in [0.25, 0.3) is 0 Å². The van der Waals surface area contributed by atoms with Crippen LogP contribution >= 0.6 is 11.6 Å². The van der Waals surface area contributed by atoms with E-state index in [1.807, 2.05) is 18.3 Å². The van der Waals surface area contributed by atoms with Crippen molar-refractivity contribution in [3.63, 3.8) is 0 Å². The zero-order valence-electron chi connectivity index (χ0n) is 8.41. The monoisotopic (exact) mass is 217 g/mol. The van der Waals surface area contributed by atoms with Gasteiger partial charge >= 0.3 is 0 Å². The SMILES string of the molecule is ClCc1ccc2ncc(C3CC3)cc2c1. The highest BCUT2D eigenvalue weighted by Gasteiger charge is 2.23. The van der Waals surface area contributed by atoms with E-state index in [9.17, 15) is 0 Å². The van der Waals surface area contributed by atoms with Gasteiger partial charge in [0.1, 0.15) is 0 Å². The molecular formula is C13H12ClN. The van der Waals surface area contributed by atoms with Gasteiger partial charge in [0, 0.05) is 17.5 Å². The lowest BCUT2D eigenvalue weighted by Gasteiger charge is -2.02. The van der Waals surface area contributed by atoms with E-state index < -0.39 is 0 Å². The molecule has 15 heavy (non-hydrogen) atoms. The third-order valence-corrected chi connectivity index (χ3v) is 3.28. The van der Waals surface area contributed by atoms with E-state index in [1.165, 1.54) is 29.4 Å². The van der Waals surface area contributed by atoms with Gasteiger partial charge in [0.15, 0.2) is 0 Å². The van der Waals surface area contributed by atoms with Crippen molar-refractivity contribution in [1.29, 1.82) is 0 Å². The molecule has 1 aliphatic carbocycles. The lowest BCUT2D eigenvalue weighted by atomic mass is 10.1.